The Balaban J connectivity index is 2.37. The lowest BCUT2D eigenvalue weighted by Crippen LogP contribution is -2.42. The first-order valence-corrected chi connectivity index (χ1v) is 9.05. The molecule has 2 aromatic carbocycles. The number of carbonyl (C=O) groups is 1. The minimum Gasteiger partial charge on any atom is -0.490 e. The number of hydrogen-bond acceptors (Lipinski definition) is 3. The van der Waals surface area contributed by atoms with Gasteiger partial charge in [0.15, 0.2) is 0 Å². The second-order valence-electron chi connectivity index (χ2n) is 6.69. The summed E-state index contributed by atoms with van der Waals surface area (Å²) >= 11 is 0. The summed E-state index contributed by atoms with van der Waals surface area (Å²) in [5.41, 5.74) is -0.0451. The molecular formula is C21H29NO3. The van der Waals surface area contributed by atoms with Crippen LogP contribution in [-0.2, 0) is 9.53 Å². The van der Waals surface area contributed by atoms with Crippen molar-refractivity contribution >= 4 is 22.4 Å². The fraction of sp³-hybridized carbons (Fsp3) is 0.476. The quantitative estimate of drug-likeness (QED) is 0.720. The Bertz CT molecular complexity index is 718. The van der Waals surface area contributed by atoms with E-state index in [9.17, 15) is 4.79 Å². The molecule has 1 N–H and O–H groups in total. The van der Waals surface area contributed by atoms with Crippen molar-refractivity contribution in [3.63, 3.8) is 0 Å². The summed E-state index contributed by atoms with van der Waals surface area (Å²) in [6.45, 7) is 10.3. The van der Waals surface area contributed by atoms with Gasteiger partial charge in [-0.1, -0.05) is 37.6 Å². The number of ether oxygens (including phenoxy) is 2. The Morgan fingerprint density at radius 2 is 1.80 bits per heavy atom. The largest absolute Gasteiger partial charge is 0.490 e. The highest BCUT2D eigenvalue weighted by atomic mass is 16.5. The molecule has 0 aliphatic heterocycles. The Hall–Kier alpha value is -2.07. The molecule has 1 amide bonds. The van der Waals surface area contributed by atoms with Crippen LogP contribution in [0.2, 0.25) is 0 Å². The van der Waals surface area contributed by atoms with Gasteiger partial charge in [0.05, 0.1) is 6.10 Å². The zero-order chi connectivity index (χ0) is 18.4. The number of amides is 1. The second-order valence-corrected chi connectivity index (χ2v) is 6.69. The highest BCUT2D eigenvalue weighted by molar-refractivity contribution is 6.06. The molecule has 136 valence electrons. The fourth-order valence-corrected chi connectivity index (χ4v) is 3.04. The molecule has 0 aliphatic rings. The standard InChI is InChI=1S/C21H29NO3/c1-6-14-21(5,24-7-2)20(23)22-18-12-13-19(25-15(3)4)17-11-9-8-10-16(17)18/h8-13,15H,6-7,14H2,1-5H3,(H,22,23). The summed E-state index contributed by atoms with van der Waals surface area (Å²) in [7, 11) is 0. The Morgan fingerprint density at radius 1 is 1.12 bits per heavy atom. The van der Waals surface area contributed by atoms with Crippen LogP contribution in [0.25, 0.3) is 10.8 Å². The van der Waals surface area contributed by atoms with E-state index in [4.69, 9.17) is 9.47 Å². The number of benzene rings is 2. The van der Waals surface area contributed by atoms with E-state index in [0.717, 1.165) is 28.6 Å². The molecule has 25 heavy (non-hydrogen) atoms. The maximum atomic E-state index is 12.9. The van der Waals surface area contributed by atoms with Crippen molar-refractivity contribution in [2.45, 2.75) is 59.2 Å². The van der Waals surface area contributed by atoms with Gasteiger partial charge in [-0.2, -0.15) is 0 Å². The molecule has 0 radical (unpaired) electrons. The van der Waals surface area contributed by atoms with Crippen molar-refractivity contribution in [1.82, 2.24) is 0 Å². The van der Waals surface area contributed by atoms with Crippen LogP contribution in [0.4, 0.5) is 5.69 Å². The molecule has 0 saturated carbocycles. The highest BCUT2D eigenvalue weighted by Crippen LogP contribution is 2.33. The van der Waals surface area contributed by atoms with Crippen LogP contribution in [0, 0.1) is 0 Å². The molecule has 1 atom stereocenters. The molecule has 0 bridgehead atoms. The van der Waals surface area contributed by atoms with Gasteiger partial charge in [0.25, 0.3) is 5.91 Å². The first kappa shape index (κ1) is 19.3. The van der Waals surface area contributed by atoms with Gasteiger partial charge in [0.1, 0.15) is 11.4 Å². The Morgan fingerprint density at radius 3 is 2.40 bits per heavy atom. The van der Waals surface area contributed by atoms with Crippen LogP contribution in [0.1, 0.15) is 47.5 Å². The maximum absolute atomic E-state index is 12.9. The lowest BCUT2D eigenvalue weighted by molar-refractivity contribution is -0.139. The van der Waals surface area contributed by atoms with Gasteiger partial charge < -0.3 is 14.8 Å². The van der Waals surface area contributed by atoms with Crippen LogP contribution in [0.15, 0.2) is 36.4 Å². The molecule has 0 spiro atoms. The zero-order valence-electron chi connectivity index (χ0n) is 15.9. The molecule has 2 rings (SSSR count). The lowest BCUT2D eigenvalue weighted by Gasteiger charge is -2.28. The van der Waals surface area contributed by atoms with Crippen molar-refractivity contribution in [3.8, 4) is 5.75 Å². The van der Waals surface area contributed by atoms with Gasteiger partial charge >= 0.3 is 0 Å². The number of rotatable bonds is 8. The second kappa shape index (κ2) is 8.34. The van der Waals surface area contributed by atoms with Gasteiger partial charge in [0.2, 0.25) is 0 Å². The summed E-state index contributed by atoms with van der Waals surface area (Å²) in [6, 6.07) is 11.8. The van der Waals surface area contributed by atoms with Gasteiger partial charge in [-0.05, 0) is 46.2 Å². The summed E-state index contributed by atoms with van der Waals surface area (Å²) in [6.07, 6.45) is 1.65. The van der Waals surface area contributed by atoms with Crippen LogP contribution >= 0.6 is 0 Å². The normalized spacial score (nSPS) is 13.7. The fourth-order valence-electron chi connectivity index (χ4n) is 3.04. The SMILES string of the molecule is CCCC(C)(OCC)C(=O)Nc1ccc(OC(C)C)c2ccccc12. The van der Waals surface area contributed by atoms with Gasteiger partial charge in [-0.15, -0.1) is 0 Å². The molecule has 4 nitrogen and oxygen atoms in total. The minimum atomic E-state index is -0.822. The number of nitrogens with one attached hydrogen (secondary N) is 1. The van der Waals surface area contributed by atoms with Crippen molar-refractivity contribution in [2.75, 3.05) is 11.9 Å². The van der Waals surface area contributed by atoms with Gasteiger partial charge in [-0.25, -0.2) is 0 Å². The smallest absolute Gasteiger partial charge is 0.256 e. The van der Waals surface area contributed by atoms with Crippen molar-refractivity contribution in [3.05, 3.63) is 36.4 Å². The minimum absolute atomic E-state index is 0.0923. The third-order valence-electron chi connectivity index (χ3n) is 4.17. The molecule has 4 heteroatoms. The average Bonchev–Trinajstić information content (AvgIpc) is 2.57. The predicted octanol–water partition coefficient (Wildman–Crippen LogP) is 5.16. The summed E-state index contributed by atoms with van der Waals surface area (Å²) in [4.78, 5) is 12.9. The first-order valence-electron chi connectivity index (χ1n) is 9.05. The summed E-state index contributed by atoms with van der Waals surface area (Å²) in [5.74, 6) is 0.712. The van der Waals surface area contributed by atoms with Gasteiger partial charge in [0, 0.05) is 23.1 Å². The summed E-state index contributed by atoms with van der Waals surface area (Å²) in [5, 5.41) is 5.01. The zero-order valence-corrected chi connectivity index (χ0v) is 15.9. The predicted molar refractivity (Wildman–Crippen MR) is 103 cm³/mol. The topological polar surface area (TPSA) is 47.6 Å². The molecule has 1 unspecified atom stereocenters. The number of anilines is 1. The lowest BCUT2D eigenvalue weighted by atomic mass is 9.98. The number of fused-ring (bicyclic) bond motifs is 1. The summed E-state index contributed by atoms with van der Waals surface area (Å²) < 4.78 is 11.7. The molecule has 0 heterocycles. The van der Waals surface area contributed by atoms with E-state index in [1.807, 2.05) is 64.1 Å². The average molecular weight is 343 g/mol. The van der Waals surface area contributed by atoms with Crippen molar-refractivity contribution < 1.29 is 14.3 Å². The van der Waals surface area contributed by atoms with Crippen LogP contribution in [-0.4, -0.2) is 24.2 Å². The molecule has 0 saturated heterocycles. The monoisotopic (exact) mass is 343 g/mol. The Labute approximate surface area is 150 Å². The van der Waals surface area contributed by atoms with Crippen LogP contribution < -0.4 is 10.1 Å². The molecule has 0 aliphatic carbocycles. The van der Waals surface area contributed by atoms with Crippen LogP contribution in [0.5, 0.6) is 5.75 Å². The maximum Gasteiger partial charge on any atom is 0.256 e. The van der Waals surface area contributed by atoms with Crippen LogP contribution in [0.3, 0.4) is 0 Å². The van der Waals surface area contributed by atoms with E-state index in [0.29, 0.717) is 13.0 Å². The van der Waals surface area contributed by atoms with Gasteiger partial charge in [-0.3, -0.25) is 4.79 Å². The van der Waals surface area contributed by atoms with E-state index < -0.39 is 5.60 Å². The van der Waals surface area contributed by atoms with E-state index in [-0.39, 0.29) is 12.0 Å². The third-order valence-corrected chi connectivity index (χ3v) is 4.17. The first-order chi connectivity index (χ1) is 11.9. The molecular weight excluding hydrogens is 314 g/mol. The molecule has 2 aromatic rings. The number of hydrogen-bond donors (Lipinski definition) is 1. The van der Waals surface area contributed by atoms with Crippen molar-refractivity contribution in [1.29, 1.82) is 0 Å². The molecule has 0 aromatic heterocycles. The van der Waals surface area contributed by atoms with E-state index in [2.05, 4.69) is 12.2 Å². The number of carbonyl (C=O) groups excluding carboxylic acids is 1. The highest BCUT2D eigenvalue weighted by Gasteiger charge is 2.33. The third kappa shape index (κ3) is 4.51. The Kier molecular flexibility index (Phi) is 6.43. The van der Waals surface area contributed by atoms with E-state index in [1.165, 1.54) is 0 Å². The van der Waals surface area contributed by atoms with E-state index >= 15 is 0 Å². The van der Waals surface area contributed by atoms with E-state index in [1.54, 1.807) is 0 Å². The van der Waals surface area contributed by atoms with Crippen molar-refractivity contribution in [2.24, 2.45) is 0 Å². The molecule has 0 fully saturated rings.